The Morgan fingerprint density at radius 2 is 1.93 bits per heavy atom. The Labute approximate surface area is 166 Å². The van der Waals surface area contributed by atoms with Crippen molar-refractivity contribution in [1.29, 1.82) is 0 Å². The van der Waals surface area contributed by atoms with Crippen LogP contribution in [0.25, 0.3) is 0 Å². The lowest BCUT2D eigenvalue weighted by Crippen LogP contribution is -2.54. The summed E-state index contributed by atoms with van der Waals surface area (Å²) in [6, 6.07) is 10.6. The van der Waals surface area contributed by atoms with Gasteiger partial charge in [-0.2, -0.15) is 13.2 Å². The lowest BCUT2D eigenvalue weighted by Gasteiger charge is -2.41. The van der Waals surface area contributed by atoms with E-state index in [1.54, 1.807) is 4.90 Å². The molecular weight excluding hydrogens is 391 g/mol. The standard InChI is InChI=1S/C20H21ClF3N3O/c1-13-4-3-5-16(10-13)27-9-8-26(12-14(27)2)19(28)25-18-11-15(20(22,23)24)6-7-17(18)21/h3-7,10-11,14H,8-9,12H2,1-2H3,(H,25,28). The zero-order chi connectivity index (χ0) is 20.5. The molecule has 1 saturated heterocycles. The van der Waals surface area contributed by atoms with Gasteiger partial charge in [-0.05, 0) is 49.7 Å². The number of carbonyl (C=O) groups excluding carboxylic acids is 1. The van der Waals surface area contributed by atoms with Crippen LogP contribution in [0.5, 0.6) is 0 Å². The fourth-order valence-corrected chi connectivity index (χ4v) is 3.49. The summed E-state index contributed by atoms with van der Waals surface area (Å²) in [6.45, 7) is 5.58. The molecule has 0 spiro atoms. The van der Waals surface area contributed by atoms with Gasteiger partial charge in [0.25, 0.3) is 0 Å². The Hall–Kier alpha value is -2.41. The second-order valence-corrected chi connectivity index (χ2v) is 7.36. The first-order valence-electron chi connectivity index (χ1n) is 8.91. The van der Waals surface area contributed by atoms with Crippen molar-refractivity contribution in [2.75, 3.05) is 29.9 Å². The van der Waals surface area contributed by atoms with E-state index in [0.29, 0.717) is 19.6 Å². The van der Waals surface area contributed by atoms with Crippen LogP contribution in [-0.2, 0) is 6.18 Å². The molecule has 1 unspecified atom stereocenters. The third-order valence-electron chi connectivity index (χ3n) is 4.78. The van der Waals surface area contributed by atoms with Crippen LogP contribution in [-0.4, -0.2) is 36.6 Å². The highest BCUT2D eigenvalue weighted by atomic mass is 35.5. The van der Waals surface area contributed by atoms with Gasteiger partial charge < -0.3 is 15.1 Å². The van der Waals surface area contributed by atoms with Crippen molar-refractivity contribution in [2.24, 2.45) is 0 Å². The minimum atomic E-state index is -4.50. The van der Waals surface area contributed by atoms with Gasteiger partial charge in [0, 0.05) is 31.4 Å². The summed E-state index contributed by atoms with van der Waals surface area (Å²) in [5.74, 6) is 0. The third kappa shape index (κ3) is 4.52. The number of piperazine rings is 1. The molecule has 2 aromatic carbocycles. The van der Waals surface area contributed by atoms with Gasteiger partial charge in [-0.3, -0.25) is 0 Å². The van der Waals surface area contributed by atoms with Crippen molar-refractivity contribution in [3.63, 3.8) is 0 Å². The molecule has 0 aromatic heterocycles. The number of urea groups is 1. The Bertz CT molecular complexity index is 872. The Morgan fingerprint density at radius 3 is 2.57 bits per heavy atom. The van der Waals surface area contributed by atoms with Crippen LogP contribution in [0.3, 0.4) is 0 Å². The van der Waals surface area contributed by atoms with Crippen molar-refractivity contribution in [3.05, 3.63) is 58.6 Å². The highest BCUT2D eigenvalue weighted by Gasteiger charge is 2.32. The fraction of sp³-hybridized carbons (Fsp3) is 0.350. The van der Waals surface area contributed by atoms with Crippen molar-refractivity contribution in [2.45, 2.75) is 26.1 Å². The molecule has 0 aliphatic carbocycles. The molecule has 150 valence electrons. The summed E-state index contributed by atoms with van der Waals surface area (Å²) in [5, 5.41) is 2.58. The van der Waals surface area contributed by atoms with E-state index in [1.807, 2.05) is 32.0 Å². The number of halogens is 4. The van der Waals surface area contributed by atoms with E-state index in [0.717, 1.165) is 29.4 Å². The van der Waals surface area contributed by atoms with E-state index in [1.165, 1.54) is 0 Å². The Balaban J connectivity index is 1.68. The topological polar surface area (TPSA) is 35.6 Å². The van der Waals surface area contributed by atoms with Gasteiger partial charge in [-0.1, -0.05) is 23.7 Å². The number of hydrogen-bond donors (Lipinski definition) is 1. The second-order valence-electron chi connectivity index (χ2n) is 6.95. The van der Waals surface area contributed by atoms with Gasteiger partial charge in [-0.15, -0.1) is 0 Å². The normalized spacial score (nSPS) is 17.6. The summed E-state index contributed by atoms with van der Waals surface area (Å²) in [6.07, 6.45) is -4.50. The SMILES string of the molecule is Cc1cccc(N2CCN(C(=O)Nc3cc(C(F)(F)F)ccc3Cl)CC2C)c1. The Morgan fingerprint density at radius 1 is 1.18 bits per heavy atom. The van der Waals surface area contributed by atoms with E-state index >= 15 is 0 Å². The van der Waals surface area contributed by atoms with Crippen molar-refractivity contribution >= 4 is 29.0 Å². The molecule has 1 heterocycles. The van der Waals surface area contributed by atoms with Crippen LogP contribution < -0.4 is 10.2 Å². The maximum Gasteiger partial charge on any atom is 0.416 e. The van der Waals surface area contributed by atoms with Gasteiger partial charge in [-0.25, -0.2) is 4.79 Å². The number of alkyl halides is 3. The quantitative estimate of drug-likeness (QED) is 0.717. The molecule has 3 rings (SSSR count). The summed E-state index contributed by atoms with van der Waals surface area (Å²) in [7, 11) is 0. The molecule has 1 aliphatic rings. The van der Waals surface area contributed by atoms with Crippen LogP contribution in [0.2, 0.25) is 5.02 Å². The number of aryl methyl sites for hydroxylation is 1. The van der Waals surface area contributed by atoms with Crippen LogP contribution in [0.4, 0.5) is 29.3 Å². The molecular formula is C20H21ClF3N3O. The highest BCUT2D eigenvalue weighted by Crippen LogP contribution is 2.34. The van der Waals surface area contributed by atoms with Gasteiger partial charge in [0.15, 0.2) is 0 Å². The Kier molecular flexibility index (Phi) is 5.74. The monoisotopic (exact) mass is 411 g/mol. The van der Waals surface area contributed by atoms with Gasteiger partial charge in [0.05, 0.1) is 16.3 Å². The van der Waals surface area contributed by atoms with E-state index in [9.17, 15) is 18.0 Å². The summed E-state index contributed by atoms with van der Waals surface area (Å²) >= 11 is 5.97. The van der Waals surface area contributed by atoms with E-state index in [4.69, 9.17) is 11.6 Å². The molecule has 4 nitrogen and oxygen atoms in total. The second kappa shape index (κ2) is 7.91. The van der Waals surface area contributed by atoms with Crippen molar-refractivity contribution in [3.8, 4) is 0 Å². The predicted octanol–water partition coefficient (Wildman–Crippen LogP) is 5.41. The molecule has 2 aromatic rings. The van der Waals surface area contributed by atoms with E-state index in [2.05, 4.69) is 16.3 Å². The van der Waals surface area contributed by atoms with Gasteiger partial charge in [0.2, 0.25) is 0 Å². The zero-order valence-corrected chi connectivity index (χ0v) is 16.3. The van der Waals surface area contributed by atoms with E-state index in [-0.39, 0.29) is 16.8 Å². The first-order valence-corrected chi connectivity index (χ1v) is 9.29. The number of carbonyl (C=O) groups is 1. The zero-order valence-electron chi connectivity index (χ0n) is 15.6. The lowest BCUT2D eigenvalue weighted by molar-refractivity contribution is -0.137. The lowest BCUT2D eigenvalue weighted by atomic mass is 10.1. The molecule has 0 bridgehead atoms. The molecule has 1 fully saturated rings. The number of rotatable bonds is 2. The third-order valence-corrected chi connectivity index (χ3v) is 5.11. The molecule has 1 N–H and O–H groups in total. The van der Waals surface area contributed by atoms with Crippen LogP contribution in [0, 0.1) is 6.92 Å². The van der Waals surface area contributed by atoms with Crippen molar-refractivity contribution < 1.29 is 18.0 Å². The smallest absolute Gasteiger partial charge is 0.365 e. The molecule has 1 atom stereocenters. The molecule has 8 heteroatoms. The minimum Gasteiger partial charge on any atom is -0.365 e. The maximum absolute atomic E-state index is 12.9. The molecule has 2 amide bonds. The van der Waals surface area contributed by atoms with E-state index < -0.39 is 17.8 Å². The van der Waals surface area contributed by atoms with Crippen LogP contribution >= 0.6 is 11.6 Å². The number of anilines is 2. The van der Waals surface area contributed by atoms with Crippen LogP contribution in [0.15, 0.2) is 42.5 Å². The molecule has 28 heavy (non-hydrogen) atoms. The van der Waals surface area contributed by atoms with Gasteiger partial charge >= 0.3 is 12.2 Å². The average Bonchev–Trinajstić information content (AvgIpc) is 2.62. The fourth-order valence-electron chi connectivity index (χ4n) is 3.32. The van der Waals surface area contributed by atoms with Gasteiger partial charge in [0.1, 0.15) is 0 Å². The molecule has 1 aliphatic heterocycles. The largest absolute Gasteiger partial charge is 0.416 e. The summed E-state index contributed by atoms with van der Waals surface area (Å²) in [5.41, 5.74) is 1.35. The minimum absolute atomic E-state index is 0.0461. The maximum atomic E-state index is 12.9. The first kappa shape index (κ1) is 20.3. The van der Waals surface area contributed by atoms with Crippen molar-refractivity contribution in [1.82, 2.24) is 4.90 Å². The number of nitrogens with zero attached hydrogens (tertiary/aromatic N) is 2. The summed E-state index contributed by atoms with van der Waals surface area (Å²) < 4.78 is 38.7. The molecule has 0 radical (unpaired) electrons. The number of amides is 2. The highest BCUT2D eigenvalue weighted by molar-refractivity contribution is 6.33. The number of benzene rings is 2. The van der Waals surface area contributed by atoms with Crippen LogP contribution in [0.1, 0.15) is 18.1 Å². The predicted molar refractivity (Wildman–Crippen MR) is 105 cm³/mol. The molecule has 0 saturated carbocycles. The first-order chi connectivity index (χ1) is 13.1. The number of hydrogen-bond acceptors (Lipinski definition) is 2. The average molecular weight is 412 g/mol. The number of nitrogens with one attached hydrogen (secondary N) is 1. The summed E-state index contributed by atoms with van der Waals surface area (Å²) in [4.78, 5) is 16.4.